The van der Waals surface area contributed by atoms with Crippen molar-refractivity contribution in [3.05, 3.63) is 54.4 Å². The third kappa shape index (κ3) is 5.63. The van der Waals surface area contributed by atoms with E-state index in [2.05, 4.69) is 20.5 Å². The van der Waals surface area contributed by atoms with Crippen molar-refractivity contribution in [2.75, 3.05) is 5.75 Å². The molecule has 1 N–H and O–H groups in total. The summed E-state index contributed by atoms with van der Waals surface area (Å²) in [4.78, 5) is 16.3. The van der Waals surface area contributed by atoms with Crippen LogP contribution in [0.5, 0.6) is 0 Å². The first-order valence-corrected chi connectivity index (χ1v) is 10.6. The summed E-state index contributed by atoms with van der Waals surface area (Å²) < 4.78 is 41.3. The number of halogens is 3. The maximum Gasteiger partial charge on any atom is 0.416 e. The first-order chi connectivity index (χ1) is 14.7. The third-order valence-electron chi connectivity index (χ3n) is 4.71. The molecule has 0 aliphatic rings. The number of hydrogen-bond acceptors (Lipinski definition) is 5. The van der Waals surface area contributed by atoms with Crippen LogP contribution >= 0.6 is 11.8 Å². The lowest BCUT2D eigenvalue weighted by Crippen LogP contribution is -2.37. The van der Waals surface area contributed by atoms with Gasteiger partial charge >= 0.3 is 6.18 Å². The summed E-state index contributed by atoms with van der Waals surface area (Å²) in [6, 6.07) is 8.36. The SMILES string of the molecule is CC(C)[C@@H](C)NC(=O)CSc1nnc(-c2cccnc2)n1-c1cccc(C(F)(F)F)c1. The largest absolute Gasteiger partial charge is 0.416 e. The van der Waals surface area contributed by atoms with Gasteiger partial charge in [-0.3, -0.25) is 14.3 Å². The molecule has 3 rings (SSSR count). The monoisotopic (exact) mass is 449 g/mol. The van der Waals surface area contributed by atoms with Gasteiger partial charge in [-0.25, -0.2) is 0 Å². The highest BCUT2D eigenvalue weighted by atomic mass is 32.2. The number of carbonyl (C=O) groups excluding carboxylic acids is 1. The molecule has 3 aromatic rings. The summed E-state index contributed by atoms with van der Waals surface area (Å²) in [5.41, 5.74) is 0.0598. The average molecular weight is 450 g/mol. The summed E-state index contributed by atoms with van der Waals surface area (Å²) in [6.07, 6.45) is -1.34. The zero-order valence-corrected chi connectivity index (χ0v) is 18.0. The predicted octanol–water partition coefficient (Wildman–Crippen LogP) is 4.60. The van der Waals surface area contributed by atoms with Crippen molar-refractivity contribution in [2.24, 2.45) is 5.92 Å². The number of alkyl halides is 3. The van der Waals surface area contributed by atoms with Gasteiger partial charge in [0.2, 0.25) is 5.91 Å². The predicted molar refractivity (Wildman–Crippen MR) is 113 cm³/mol. The minimum Gasteiger partial charge on any atom is -0.353 e. The maximum absolute atomic E-state index is 13.3. The van der Waals surface area contributed by atoms with Crippen LogP contribution in [0.1, 0.15) is 26.3 Å². The van der Waals surface area contributed by atoms with Crippen LogP contribution in [0, 0.1) is 5.92 Å². The Bertz CT molecular complexity index is 1040. The van der Waals surface area contributed by atoms with Crippen LogP contribution in [-0.4, -0.2) is 37.5 Å². The van der Waals surface area contributed by atoms with Crippen molar-refractivity contribution < 1.29 is 18.0 Å². The van der Waals surface area contributed by atoms with Crippen LogP contribution in [0.3, 0.4) is 0 Å². The summed E-state index contributed by atoms with van der Waals surface area (Å²) in [7, 11) is 0. The Morgan fingerprint density at radius 1 is 1.16 bits per heavy atom. The number of amides is 1. The first-order valence-electron chi connectivity index (χ1n) is 9.62. The van der Waals surface area contributed by atoms with E-state index < -0.39 is 11.7 Å². The van der Waals surface area contributed by atoms with Crippen LogP contribution in [0.4, 0.5) is 13.2 Å². The molecule has 10 heteroatoms. The highest BCUT2D eigenvalue weighted by Gasteiger charge is 2.31. The van der Waals surface area contributed by atoms with Gasteiger partial charge in [0.25, 0.3) is 0 Å². The van der Waals surface area contributed by atoms with E-state index in [0.717, 1.165) is 23.9 Å². The molecule has 31 heavy (non-hydrogen) atoms. The van der Waals surface area contributed by atoms with Crippen LogP contribution in [0.2, 0.25) is 0 Å². The van der Waals surface area contributed by atoms with Crippen LogP contribution in [0.25, 0.3) is 17.1 Å². The second-order valence-electron chi connectivity index (χ2n) is 7.32. The Labute approximate surface area is 182 Å². The van der Waals surface area contributed by atoms with Gasteiger partial charge in [0.05, 0.1) is 17.0 Å². The molecule has 1 amide bonds. The Morgan fingerprint density at radius 3 is 2.58 bits per heavy atom. The van der Waals surface area contributed by atoms with E-state index in [4.69, 9.17) is 0 Å². The topological polar surface area (TPSA) is 72.7 Å². The highest BCUT2D eigenvalue weighted by Crippen LogP contribution is 2.33. The van der Waals surface area contributed by atoms with Crippen molar-refractivity contribution in [1.82, 2.24) is 25.1 Å². The Hall–Kier alpha value is -2.88. The van der Waals surface area contributed by atoms with Crippen molar-refractivity contribution in [2.45, 2.75) is 38.1 Å². The lowest BCUT2D eigenvalue weighted by atomic mass is 10.1. The number of nitrogens with zero attached hydrogens (tertiary/aromatic N) is 4. The molecule has 6 nitrogen and oxygen atoms in total. The van der Waals surface area contributed by atoms with Gasteiger partial charge in [0.15, 0.2) is 11.0 Å². The lowest BCUT2D eigenvalue weighted by molar-refractivity contribution is -0.137. The zero-order valence-electron chi connectivity index (χ0n) is 17.2. The average Bonchev–Trinajstić information content (AvgIpc) is 3.16. The fourth-order valence-corrected chi connectivity index (χ4v) is 3.45. The number of pyridine rings is 1. The molecule has 0 unspecified atom stereocenters. The minimum absolute atomic E-state index is 0.000362. The van der Waals surface area contributed by atoms with Gasteiger partial charge in [0, 0.05) is 24.0 Å². The molecule has 0 aliphatic carbocycles. The zero-order chi connectivity index (χ0) is 22.6. The summed E-state index contributed by atoms with van der Waals surface area (Å²) in [6.45, 7) is 5.92. The number of aromatic nitrogens is 4. The van der Waals surface area contributed by atoms with Gasteiger partial charge in [-0.2, -0.15) is 13.2 Å². The fourth-order valence-electron chi connectivity index (χ4n) is 2.69. The fraction of sp³-hybridized carbons (Fsp3) is 0.333. The molecule has 1 aromatic carbocycles. The van der Waals surface area contributed by atoms with E-state index in [0.29, 0.717) is 16.5 Å². The van der Waals surface area contributed by atoms with Crippen molar-refractivity contribution >= 4 is 17.7 Å². The molecule has 0 fully saturated rings. The van der Waals surface area contributed by atoms with Crippen molar-refractivity contribution in [3.8, 4) is 17.1 Å². The molecule has 0 bridgehead atoms. The van der Waals surface area contributed by atoms with E-state index in [9.17, 15) is 18.0 Å². The molecular weight excluding hydrogens is 427 g/mol. The summed E-state index contributed by atoms with van der Waals surface area (Å²) >= 11 is 1.11. The van der Waals surface area contributed by atoms with Crippen LogP contribution in [0.15, 0.2) is 53.9 Å². The number of thioether (sulfide) groups is 1. The number of rotatable bonds is 7. The lowest BCUT2D eigenvalue weighted by Gasteiger charge is -2.17. The quantitative estimate of drug-likeness (QED) is 0.534. The molecular formula is C21H22F3N5OS. The number of carbonyl (C=O) groups is 1. The summed E-state index contributed by atoms with van der Waals surface area (Å²) in [5, 5.41) is 11.5. The maximum atomic E-state index is 13.3. The molecule has 1 atom stereocenters. The molecule has 0 saturated heterocycles. The second-order valence-corrected chi connectivity index (χ2v) is 8.26. The molecule has 0 aliphatic heterocycles. The van der Waals surface area contributed by atoms with Gasteiger partial charge in [-0.15, -0.1) is 10.2 Å². The van der Waals surface area contributed by atoms with Gasteiger partial charge in [0.1, 0.15) is 0 Å². The number of nitrogens with one attached hydrogen (secondary N) is 1. The Morgan fingerprint density at radius 2 is 1.94 bits per heavy atom. The van der Waals surface area contributed by atoms with E-state index in [1.165, 1.54) is 10.6 Å². The standard InChI is InChI=1S/C21H22F3N5OS/c1-13(2)14(3)26-18(30)12-31-20-28-27-19(15-6-5-9-25-11-15)29(20)17-8-4-7-16(10-17)21(22,23)24/h4-11,13-14H,12H2,1-3H3,(H,26,30)/t14-/m1/s1. The van der Waals surface area contributed by atoms with E-state index in [1.54, 1.807) is 30.6 Å². The van der Waals surface area contributed by atoms with E-state index in [1.807, 2.05) is 20.8 Å². The summed E-state index contributed by atoms with van der Waals surface area (Å²) in [5.74, 6) is 0.486. The number of hydrogen-bond donors (Lipinski definition) is 1. The van der Waals surface area contributed by atoms with Crippen molar-refractivity contribution in [1.29, 1.82) is 0 Å². The second kappa shape index (κ2) is 9.51. The van der Waals surface area contributed by atoms with Gasteiger partial charge < -0.3 is 5.32 Å². The first kappa shape index (κ1) is 22.8. The Balaban J connectivity index is 1.96. The van der Waals surface area contributed by atoms with Gasteiger partial charge in [-0.1, -0.05) is 31.7 Å². The molecule has 164 valence electrons. The molecule has 0 saturated carbocycles. The number of benzene rings is 1. The minimum atomic E-state index is -4.49. The Kier molecular flexibility index (Phi) is 6.99. The molecule has 2 heterocycles. The normalized spacial score (nSPS) is 12.7. The van der Waals surface area contributed by atoms with Gasteiger partial charge in [-0.05, 0) is 43.2 Å². The smallest absolute Gasteiger partial charge is 0.353 e. The van der Waals surface area contributed by atoms with Crippen LogP contribution in [-0.2, 0) is 11.0 Å². The molecule has 0 radical (unpaired) electrons. The third-order valence-corrected chi connectivity index (χ3v) is 5.63. The molecule has 0 spiro atoms. The molecule has 2 aromatic heterocycles. The highest BCUT2D eigenvalue weighted by molar-refractivity contribution is 7.99. The van der Waals surface area contributed by atoms with E-state index >= 15 is 0 Å². The van der Waals surface area contributed by atoms with Crippen LogP contribution < -0.4 is 5.32 Å². The van der Waals surface area contributed by atoms with E-state index in [-0.39, 0.29) is 29.3 Å². The van der Waals surface area contributed by atoms with Crippen molar-refractivity contribution in [3.63, 3.8) is 0 Å².